The Balaban J connectivity index is 1.33. The number of nitrogens with zero attached hydrogens (tertiary/aromatic N) is 1. The lowest BCUT2D eigenvalue weighted by atomic mass is 10.1. The number of hydrogen-bond acceptors (Lipinski definition) is 3. The van der Waals surface area contributed by atoms with Crippen LogP contribution in [0.2, 0.25) is 0 Å². The Kier molecular flexibility index (Phi) is 4.14. The number of anilines is 1. The standard InChI is InChI=1S/C20H20N2O3/c23-19(6-3-9-22-10-11-25-20(22)24)21-16-7-8-18-15(13-16)12-14-4-1-2-5-17(14)18/h1-2,4-5,7-8,13H,3,6,9-12H2,(H,21,23). The van der Waals surface area contributed by atoms with E-state index in [1.54, 1.807) is 4.90 Å². The molecule has 0 saturated carbocycles. The van der Waals surface area contributed by atoms with Crippen LogP contribution in [-0.4, -0.2) is 36.6 Å². The van der Waals surface area contributed by atoms with Crippen molar-refractivity contribution in [2.24, 2.45) is 0 Å². The predicted octanol–water partition coefficient (Wildman–Crippen LogP) is 3.43. The first-order chi connectivity index (χ1) is 12.2. The molecule has 1 N–H and O–H groups in total. The smallest absolute Gasteiger partial charge is 0.409 e. The van der Waals surface area contributed by atoms with E-state index in [9.17, 15) is 9.59 Å². The molecular formula is C20H20N2O3. The van der Waals surface area contributed by atoms with Gasteiger partial charge in [0.1, 0.15) is 6.61 Å². The third-order valence-corrected chi connectivity index (χ3v) is 4.75. The van der Waals surface area contributed by atoms with E-state index in [0.29, 0.717) is 32.5 Å². The van der Waals surface area contributed by atoms with Gasteiger partial charge in [-0.25, -0.2) is 4.79 Å². The van der Waals surface area contributed by atoms with E-state index in [1.165, 1.54) is 22.3 Å². The van der Waals surface area contributed by atoms with Crippen LogP contribution >= 0.6 is 0 Å². The summed E-state index contributed by atoms with van der Waals surface area (Å²) in [6.07, 6.45) is 1.66. The first kappa shape index (κ1) is 15.7. The highest BCUT2D eigenvalue weighted by Gasteiger charge is 2.21. The molecule has 0 aromatic heterocycles. The van der Waals surface area contributed by atoms with E-state index < -0.39 is 0 Å². The van der Waals surface area contributed by atoms with Gasteiger partial charge in [0.25, 0.3) is 0 Å². The van der Waals surface area contributed by atoms with Gasteiger partial charge in [0.15, 0.2) is 0 Å². The summed E-state index contributed by atoms with van der Waals surface area (Å²) in [6.45, 7) is 1.63. The van der Waals surface area contributed by atoms with Gasteiger partial charge in [0, 0.05) is 18.7 Å². The third kappa shape index (κ3) is 3.22. The summed E-state index contributed by atoms with van der Waals surface area (Å²) < 4.78 is 4.87. The molecule has 2 aromatic carbocycles. The molecule has 5 heteroatoms. The number of carbonyl (C=O) groups excluding carboxylic acids is 2. The van der Waals surface area contributed by atoms with Crippen LogP contribution in [0.5, 0.6) is 0 Å². The number of nitrogens with one attached hydrogen (secondary N) is 1. The number of fused-ring (bicyclic) bond motifs is 3. The Bertz CT molecular complexity index is 831. The molecule has 2 aliphatic rings. The highest BCUT2D eigenvalue weighted by atomic mass is 16.6. The molecule has 25 heavy (non-hydrogen) atoms. The van der Waals surface area contributed by atoms with Gasteiger partial charge in [-0.2, -0.15) is 0 Å². The fourth-order valence-corrected chi connectivity index (χ4v) is 3.51. The summed E-state index contributed by atoms with van der Waals surface area (Å²) in [7, 11) is 0. The van der Waals surface area contributed by atoms with Crippen molar-refractivity contribution in [2.45, 2.75) is 19.3 Å². The van der Waals surface area contributed by atoms with Crippen LogP contribution in [-0.2, 0) is 16.0 Å². The van der Waals surface area contributed by atoms with Gasteiger partial charge < -0.3 is 15.0 Å². The minimum absolute atomic E-state index is 0.0250. The average molecular weight is 336 g/mol. The highest BCUT2D eigenvalue weighted by molar-refractivity contribution is 5.91. The summed E-state index contributed by atoms with van der Waals surface area (Å²) in [5.74, 6) is -0.0250. The molecule has 0 spiro atoms. The van der Waals surface area contributed by atoms with Gasteiger partial charge in [-0.05, 0) is 47.2 Å². The van der Waals surface area contributed by atoms with Crippen LogP contribution in [0.4, 0.5) is 10.5 Å². The summed E-state index contributed by atoms with van der Waals surface area (Å²) in [4.78, 5) is 25.1. The largest absolute Gasteiger partial charge is 0.448 e. The molecule has 1 saturated heterocycles. The molecule has 4 rings (SSSR count). The molecule has 1 fully saturated rings. The predicted molar refractivity (Wildman–Crippen MR) is 95.5 cm³/mol. The Hall–Kier alpha value is -2.82. The number of benzene rings is 2. The maximum absolute atomic E-state index is 12.1. The van der Waals surface area contributed by atoms with Crippen LogP contribution in [0.1, 0.15) is 24.0 Å². The van der Waals surface area contributed by atoms with E-state index in [4.69, 9.17) is 4.74 Å². The molecule has 0 radical (unpaired) electrons. The van der Waals surface area contributed by atoms with Crippen molar-refractivity contribution >= 4 is 17.7 Å². The summed E-state index contributed by atoms with van der Waals surface area (Å²) >= 11 is 0. The summed E-state index contributed by atoms with van der Waals surface area (Å²) in [5, 5.41) is 2.96. The normalized spacial score (nSPS) is 14.9. The maximum atomic E-state index is 12.1. The molecule has 1 heterocycles. The Morgan fingerprint density at radius 3 is 2.80 bits per heavy atom. The summed E-state index contributed by atoms with van der Waals surface area (Å²) in [6, 6.07) is 14.5. The molecule has 5 nitrogen and oxygen atoms in total. The lowest BCUT2D eigenvalue weighted by Crippen LogP contribution is -2.26. The third-order valence-electron chi connectivity index (χ3n) is 4.75. The van der Waals surface area contributed by atoms with Gasteiger partial charge in [0.2, 0.25) is 5.91 Å². The molecule has 1 aliphatic carbocycles. The van der Waals surface area contributed by atoms with Gasteiger partial charge in [-0.3, -0.25) is 4.79 Å². The van der Waals surface area contributed by atoms with Crippen molar-refractivity contribution in [1.82, 2.24) is 4.90 Å². The zero-order chi connectivity index (χ0) is 17.2. The van der Waals surface area contributed by atoms with E-state index >= 15 is 0 Å². The fraction of sp³-hybridized carbons (Fsp3) is 0.300. The second-order valence-corrected chi connectivity index (χ2v) is 6.46. The van der Waals surface area contributed by atoms with Crippen molar-refractivity contribution in [3.05, 3.63) is 53.6 Å². The average Bonchev–Trinajstić information content (AvgIpc) is 3.17. The highest BCUT2D eigenvalue weighted by Crippen LogP contribution is 2.37. The molecule has 1 aliphatic heterocycles. The van der Waals surface area contributed by atoms with Crippen LogP contribution in [0.15, 0.2) is 42.5 Å². The van der Waals surface area contributed by atoms with Gasteiger partial charge in [-0.1, -0.05) is 30.3 Å². The molecule has 0 atom stereocenters. The van der Waals surface area contributed by atoms with Gasteiger partial charge in [0.05, 0.1) is 6.54 Å². The summed E-state index contributed by atoms with van der Waals surface area (Å²) in [5.41, 5.74) is 5.95. The lowest BCUT2D eigenvalue weighted by molar-refractivity contribution is -0.116. The van der Waals surface area contributed by atoms with Crippen molar-refractivity contribution in [3.8, 4) is 11.1 Å². The van der Waals surface area contributed by atoms with Crippen molar-refractivity contribution < 1.29 is 14.3 Å². The zero-order valence-corrected chi connectivity index (χ0v) is 14.0. The maximum Gasteiger partial charge on any atom is 0.409 e. The van der Waals surface area contributed by atoms with E-state index in [0.717, 1.165) is 12.1 Å². The number of ether oxygens (including phenoxy) is 1. The van der Waals surface area contributed by atoms with Crippen LogP contribution in [0.25, 0.3) is 11.1 Å². The van der Waals surface area contributed by atoms with Gasteiger partial charge >= 0.3 is 6.09 Å². The fourth-order valence-electron chi connectivity index (χ4n) is 3.51. The molecular weight excluding hydrogens is 316 g/mol. The van der Waals surface area contributed by atoms with Crippen molar-refractivity contribution in [3.63, 3.8) is 0 Å². The molecule has 128 valence electrons. The SMILES string of the molecule is O=C(CCCN1CCOC1=O)Nc1ccc2c(c1)Cc1ccccc1-2. The topological polar surface area (TPSA) is 58.6 Å². The lowest BCUT2D eigenvalue weighted by Gasteiger charge is -2.12. The quantitative estimate of drug-likeness (QED) is 0.776. The van der Waals surface area contributed by atoms with E-state index in [-0.39, 0.29) is 12.0 Å². The van der Waals surface area contributed by atoms with Crippen molar-refractivity contribution in [2.75, 3.05) is 25.0 Å². The Labute approximate surface area is 146 Å². The van der Waals surface area contributed by atoms with Crippen LogP contribution < -0.4 is 5.32 Å². The second kappa shape index (κ2) is 6.59. The second-order valence-electron chi connectivity index (χ2n) is 6.46. The number of carbonyl (C=O) groups is 2. The Morgan fingerprint density at radius 2 is 1.96 bits per heavy atom. The first-order valence-electron chi connectivity index (χ1n) is 8.63. The minimum Gasteiger partial charge on any atom is -0.448 e. The number of hydrogen-bond donors (Lipinski definition) is 1. The number of cyclic esters (lactones) is 1. The monoisotopic (exact) mass is 336 g/mol. The van der Waals surface area contributed by atoms with E-state index in [1.807, 2.05) is 6.07 Å². The molecule has 0 unspecified atom stereocenters. The van der Waals surface area contributed by atoms with Crippen LogP contribution in [0, 0.1) is 0 Å². The van der Waals surface area contributed by atoms with Crippen LogP contribution in [0.3, 0.4) is 0 Å². The van der Waals surface area contributed by atoms with E-state index in [2.05, 4.69) is 41.7 Å². The number of amides is 2. The minimum atomic E-state index is -0.279. The molecule has 0 bridgehead atoms. The first-order valence-corrected chi connectivity index (χ1v) is 8.63. The molecule has 2 amide bonds. The zero-order valence-electron chi connectivity index (χ0n) is 14.0. The molecule has 2 aromatic rings. The van der Waals surface area contributed by atoms with Crippen molar-refractivity contribution in [1.29, 1.82) is 0 Å². The Morgan fingerprint density at radius 1 is 1.12 bits per heavy atom. The number of rotatable bonds is 5. The van der Waals surface area contributed by atoms with Gasteiger partial charge in [-0.15, -0.1) is 0 Å².